The van der Waals surface area contributed by atoms with E-state index < -0.39 is 6.10 Å². The number of ether oxygens (including phenoxy) is 2. The molecule has 1 aliphatic carbocycles. The third kappa shape index (κ3) is 5.89. The molecule has 3 rings (SSSR count). The second kappa shape index (κ2) is 10.5. The number of nitriles is 1. The van der Waals surface area contributed by atoms with E-state index in [0.717, 1.165) is 5.56 Å². The zero-order chi connectivity index (χ0) is 23.2. The highest BCUT2D eigenvalue weighted by Gasteiger charge is 2.61. The van der Waals surface area contributed by atoms with Crippen molar-refractivity contribution >= 4 is 17.6 Å². The van der Waals surface area contributed by atoms with Crippen LogP contribution in [0, 0.1) is 35.5 Å². The molecule has 0 bridgehead atoms. The van der Waals surface area contributed by atoms with Gasteiger partial charge in [-0.1, -0.05) is 69.6 Å². The Balaban J connectivity index is 0.00000166. The van der Waals surface area contributed by atoms with E-state index in [9.17, 15) is 10.1 Å². The van der Waals surface area contributed by atoms with Crippen molar-refractivity contribution in [3.63, 3.8) is 0 Å². The molecule has 0 aliphatic heterocycles. The summed E-state index contributed by atoms with van der Waals surface area (Å²) in [7, 11) is 0. The van der Waals surface area contributed by atoms with Gasteiger partial charge in [0.15, 0.2) is 0 Å². The molecular formula is C26H30ClNO3. The highest BCUT2D eigenvalue weighted by Crippen LogP contribution is 2.60. The number of carbonyl (C=O) groups is 1. The molecule has 5 heteroatoms. The fourth-order valence-electron chi connectivity index (χ4n) is 3.62. The average molecular weight is 440 g/mol. The number of benzene rings is 2. The minimum absolute atomic E-state index is 0.0145. The predicted molar refractivity (Wildman–Crippen MR) is 124 cm³/mol. The van der Waals surface area contributed by atoms with Crippen LogP contribution >= 0.6 is 11.6 Å². The van der Waals surface area contributed by atoms with Gasteiger partial charge < -0.3 is 9.47 Å². The Morgan fingerprint density at radius 3 is 2.39 bits per heavy atom. The van der Waals surface area contributed by atoms with E-state index in [1.165, 1.54) is 0 Å². The Bertz CT molecular complexity index is 972. The summed E-state index contributed by atoms with van der Waals surface area (Å²) in [5.41, 5.74) is 1.24. The first-order valence-electron chi connectivity index (χ1n) is 10.5. The van der Waals surface area contributed by atoms with Crippen molar-refractivity contribution in [2.75, 3.05) is 0 Å². The summed E-state index contributed by atoms with van der Waals surface area (Å²) in [5, 5.41) is 10.3. The summed E-state index contributed by atoms with van der Waals surface area (Å²) >= 11 is 5.99. The van der Waals surface area contributed by atoms with Crippen LogP contribution in [-0.2, 0) is 9.53 Å². The minimum atomic E-state index is -1.00. The van der Waals surface area contributed by atoms with Gasteiger partial charge in [-0.05, 0) is 55.0 Å². The van der Waals surface area contributed by atoms with Gasteiger partial charge in [0.05, 0.1) is 5.92 Å². The number of rotatable bonds is 6. The van der Waals surface area contributed by atoms with Crippen molar-refractivity contribution < 1.29 is 14.3 Å². The second-order valence-corrected chi connectivity index (χ2v) is 8.55. The van der Waals surface area contributed by atoms with E-state index in [2.05, 4.69) is 6.07 Å². The zero-order valence-electron chi connectivity index (χ0n) is 19.0. The molecular weight excluding hydrogens is 410 g/mol. The number of carbonyl (C=O) groups excluding carboxylic acids is 1. The van der Waals surface area contributed by atoms with E-state index in [1.807, 2.05) is 83.2 Å². The monoisotopic (exact) mass is 439 g/mol. The van der Waals surface area contributed by atoms with Gasteiger partial charge in [-0.3, -0.25) is 4.79 Å². The van der Waals surface area contributed by atoms with Crippen LogP contribution in [0.3, 0.4) is 0 Å². The highest BCUT2D eigenvalue weighted by molar-refractivity contribution is 6.29. The number of aryl methyl sites for hydroxylation is 1. The number of para-hydroxylation sites is 1. The van der Waals surface area contributed by atoms with Crippen LogP contribution in [-0.4, -0.2) is 5.97 Å². The smallest absolute Gasteiger partial charge is 0.311 e. The van der Waals surface area contributed by atoms with Crippen LogP contribution in [0.25, 0.3) is 0 Å². The number of hydrogen-bond acceptors (Lipinski definition) is 4. The summed E-state index contributed by atoms with van der Waals surface area (Å²) in [6.45, 7) is 11.7. The molecule has 4 nitrogen and oxygen atoms in total. The maximum atomic E-state index is 12.8. The molecule has 1 fully saturated rings. The molecule has 1 saturated carbocycles. The lowest BCUT2D eigenvalue weighted by molar-refractivity contribution is -0.149. The predicted octanol–water partition coefficient (Wildman–Crippen LogP) is 7.34. The minimum Gasteiger partial charge on any atom is -0.457 e. The lowest BCUT2D eigenvalue weighted by Crippen LogP contribution is -2.15. The average Bonchev–Trinajstić information content (AvgIpc) is 3.29. The quantitative estimate of drug-likeness (QED) is 0.442. The zero-order valence-corrected chi connectivity index (χ0v) is 19.7. The Labute approximate surface area is 190 Å². The van der Waals surface area contributed by atoms with Crippen LogP contribution in [0.1, 0.15) is 51.8 Å². The molecule has 0 saturated heterocycles. The van der Waals surface area contributed by atoms with Gasteiger partial charge in [0, 0.05) is 10.6 Å². The van der Waals surface area contributed by atoms with Crippen molar-refractivity contribution in [3.8, 4) is 17.6 Å². The number of halogens is 1. The molecule has 0 amide bonds. The highest BCUT2D eigenvalue weighted by atomic mass is 35.5. The molecule has 2 aromatic carbocycles. The van der Waals surface area contributed by atoms with Gasteiger partial charge >= 0.3 is 5.97 Å². The summed E-state index contributed by atoms with van der Waals surface area (Å²) in [6.07, 6.45) is 0.883. The van der Waals surface area contributed by atoms with Crippen LogP contribution in [0.2, 0.25) is 0 Å². The van der Waals surface area contributed by atoms with Crippen LogP contribution in [0.4, 0.5) is 0 Å². The van der Waals surface area contributed by atoms with Crippen molar-refractivity contribution in [2.24, 2.45) is 17.3 Å². The summed E-state index contributed by atoms with van der Waals surface area (Å²) in [4.78, 5) is 12.8. The van der Waals surface area contributed by atoms with Gasteiger partial charge in [0.2, 0.25) is 6.10 Å². The lowest BCUT2D eigenvalue weighted by Gasteiger charge is -2.16. The molecule has 31 heavy (non-hydrogen) atoms. The molecule has 0 radical (unpaired) electrons. The third-order valence-electron chi connectivity index (χ3n) is 5.44. The Morgan fingerprint density at radius 2 is 1.81 bits per heavy atom. The maximum Gasteiger partial charge on any atom is 0.311 e. The second-order valence-electron chi connectivity index (χ2n) is 7.96. The summed E-state index contributed by atoms with van der Waals surface area (Å²) < 4.78 is 11.5. The SMILES string of the molecule is C/C(Cl)=C/C1C(C(=O)OC(C#N)c2cc(Oc3ccccc3)ccc2C)C1(C)C.CC. The molecule has 164 valence electrons. The van der Waals surface area contributed by atoms with Crippen molar-refractivity contribution in [1.82, 2.24) is 0 Å². The topological polar surface area (TPSA) is 59.3 Å². The number of nitrogens with zero attached hydrogens (tertiary/aromatic N) is 1. The Morgan fingerprint density at radius 1 is 1.16 bits per heavy atom. The third-order valence-corrected chi connectivity index (χ3v) is 5.56. The molecule has 1 aliphatic rings. The fourth-order valence-corrected chi connectivity index (χ4v) is 3.76. The van der Waals surface area contributed by atoms with Gasteiger partial charge in [-0.25, -0.2) is 0 Å². The largest absolute Gasteiger partial charge is 0.457 e. The summed E-state index contributed by atoms with van der Waals surface area (Å²) in [5.74, 6) is 0.600. The van der Waals surface area contributed by atoms with Gasteiger partial charge in [0.25, 0.3) is 0 Å². The lowest BCUT2D eigenvalue weighted by atomic mass is 10.0. The maximum absolute atomic E-state index is 12.8. The molecule has 3 atom stereocenters. The van der Waals surface area contributed by atoms with E-state index >= 15 is 0 Å². The molecule has 0 heterocycles. The van der Waals surface area contributed by atoms with Gasteiger partial charge in [-0.2, -0.15) is 5.26 Å². The number of hydrogen-bond donors (Lipinski definition) is 0. The van der Waals surface area contributed by atoms with E-state index in [0.29, 0.717) is 22.1 Å². The van der Waals surface area contributed by atoms with E-state index in [4.69, 9.17) is 21.1 Å². The molecule has 3 unspecified atom stereocenters. The van der Waals surface area contributed by atoms with Crippen molar-refractivity contribution in [3.05, 3.63) is 70.8 Å². The molecule has 0 aromatic heterocycles. The first-order valence-corrected chi connectivity index (χ1v) is 10.9. The van der Waals surface area contributed by atoms with E-state index in [-0.39, 0.29) is 23.2 Å². The van der Waals surface area contributed by atoms with Gasteiger partial charge in [0.1, 0.15) is 17.6 Å². The van der Waals surface area contributed by atoms with Crippen LogP contribution in [0.15, 0.2) is 59.6 Å². The fraction of sp³-hybridized carbons (Fsp3) is 0.385. The number of allylic oxidation sites excluding steroid dienone is 2. The number of esters is 1. The Kier molecular flexibility index (Phi) is 8.30. The Hall–Kier alpha value is -2.77. The van der Waals surface area contributed by atoms with Crippen LogP contribution in [0.5, 0.6) is 11.5 Å². The first kappa shape index (κ1) is 24.5. The molecule has 0 spiro atoms. The van der Waals surface area contributed by atoms with Crippen molar-refractivity contribution in [1.29, 1.82) is 5.26 Å². The van der Waals surface area contributed by atoms with Crippen LogP contribution < -0.4 is 4.74 Å². The standard InChI is InChI=1S/C24H24ClNO3.C2H6/c1-15-10-11-18(28-17-8-6-5-7-9-17)13-19(15)21(14-26)29-23(27)22-20(12-16(2)25)24(22,3)4;1-2/h5-13,20-22H,1-4H3;1-2H3/b16-12-;. The summed E-state index contributed by atoms with van der Waals surface area (Å²) in [6, 6.07) is 16.9. The van der Waals surface area contributed by atoms with Crippen molar-refractivity contribution in [2.45, 2.75) is 47.6 Å². The van der Waals surface area contributed by atoms with Gasteiger partial charge in [-0.15, -0.1) is 0 Å². The first-order chi connectivity index (χ1) is 14.7. The molecule has 0 N–H and O–H groups in total. The molecule has 2 aromatic rings. The van der Waals surface area contributed by atoms with E-state index in [1.54, 1.807) is 13.0 Å². The normalized spacial score (nSPS) is 19.9.